The zero-order valence-electron chi connectivity index (χ0n) is 35.2. The number of hydrogen-bond donors (Lipinski definition) is 8. The molecular formula is C48H52N4O10P+. The summed E-state index contributed by atoms with van der Waals surface area (Å²) in [5.74, 6) is -10.9. The summed E-state index contributed by atoms with van der Waals surface area (Å²) >= 11 is 0. The highest BCUT2D eigenvalue weighted by Gasteiger charge is 2.68. The van der Waals surface area contributed by atoms with Gasteiger partial charge in [-0.3, -0.25) is 28.9 Å². The Balaban J connectivity index is 1.02. The Labute approximate surface area is 365 Å². The van der Waals surface area contributed by atoms with Gasteiger partial charge in [-0.05, 0) is 80.9 Å². The molecule has 9 N–H and O–H groups in total. The summed E-state index contributed by atoms with van der Waals surface area (Å²) in [5, 5.41) is 67.2. The zero-order chi connectivity index (χ0) is 45.4. The predicted octanol–water partition coefficient (Wildman–Crippen LogP) is 3.11. The third-order valence-electron chi connectivity index (χ3n) is 12.8. The van der Waals surface area contributed by atoms with Crippen molar-refractivity contribution in [3.63, 3.8) is 0 Å². The first-order chi connectivity index (χ1) is 30.1. The number of rotatable bonds is 14. The quantitative estimate of drug-likeness (QED) is 0.0397. The number of likely N-dealkylation sites (N-methyl/N-ethyl adjacent to an activating group) is 1. The van der Waals surface area contributed by atoms with Crippen molar-refractivity contribution < 1.29 is 49.5 Å². The van der Waals surface area contributed by atoms with Crippen molar-refractivity contribution in [3.05, 3.63) is 131 Å². The number of unbranched alkanes of at least 4 members (excludes halogenated alkanes) is 1. The highest BCUT2D eigenvalue weighted by molar-refractivity contribution is 7.95. The second-order valence-electron chi connectivity index (χ2n) is 16.6. The van der Waals surface area contributed by atoms with Gasteiger partial charge in [0, 0.05) is 30.9 Å². The molecule has 6 atom stereocenters. The summed E-state index contributed by atoms with van der Waals surface area (Å²) in [7, 11) is 0.827. The summed E-state index contributed by atoms with van der Waals surface area (Å²) in [6.45, 7) is 1.62. The predicted molar refractivity (Wildman–Crippen MR) is 240 cm³/mol. The molecule has 4 aromatic carbocycles. The standard InChI is InChI=1S/C48H51N4O10P/c1-27-31-22-23-32(41(55)36(31)42(56)37-35(27)43(57)39-40(52(2)3)44(58)38(47(49)61)46(60)48(39,62)45(37)59)51-34(54)24-25-50-33(53)21-13-14-26-63(28-15-7-4-8-16-28,29-17-9-5-10-18-29)30-19-11-6-12-20-30/h4-12,15-20,22-23,27,35,39-40,43,57,62H,13-14,21,24-26H2,1-3H3,(H6-,49,50,51,53,54,55,56,58,59,60,61)/p+1/t27-,35+,39+,40-,43-,48-/m0/s1. The van der Waals surface area contributed by atoms with E-state index >= 15 is 0 Å². The molecule has 1 saturated carbocycles. The van der Waals surface area contributed by atoms with Crippen molar-refractivity contribution in [3.8, 4) is 5.75 Å². The fraction of sp³-hybridized carbons (Fsp3) is 0.312. The number of aliphatic hydroxyl groups excluding tert-OH is 3. The molecule has 15 heteroatoms. The van der Waals surface area contributed by atoms with E-state index in [0.717, 1.165) is 12.6 Å². The van der Waals surface area contributed by atoms with Gasteiger partial charge in [0.25, 0.3) is 5.91 Å². The lowest BCUT2D eigenvalue weighted by molar-refractivity contribution is -0.169. The second kappa shape index (κ2) is 17.9. The number of aromatic hydroxyl groups is 1. The molecule has 14 nitrogen and oxygen atoms in total. The number of carbonyl (C=O) groups is 5. The van der Waals surface area contributed by atoms with Crippen LogP contribution < -0.4 is 32.3 Å². The molecule has 0 aromatic heterocycles. The maximum atomic E-state index is 14.3. The number of hydrogen-bond acceptors (Lipinski definition) is 11. The van der Waals surface area contributed by atoms with E-state index < -0.39 is 94.6 Å². The first-order valence-corrected chi connectivity index (χ1v) is 22.8. The lowest BCUT2D eigenvalue weighted by atomic mass is 9.54. The fourth-order valence-corrected chi connectivity index (χ4v) is 14.3. The number of nitrogens with one attached hydrogen (secondary N) is 2. The second-order valence-corrected chi connectivity index (χ2v) is 20.2. The molecule has 3 amide bonds. The zero-order valence-corrected chi connectivity index (χ0v) is 36.1. The van der Waals surface area contributed by atoms with Crippen LogP contribution in [-0.4, -0.2) is 104 Å². The van der Waals surface area contributed by atoms with Crippen LogP contribution in [0, 0.1) is 11.8 Å². The molecule has 1 fully saturated rings. The SMILES string of the molecule is C[C@H]1c2ccc(NC(=O)CCNC(=O)CCCC[P+](c3ccccc3)(c3ccccc3)c3ccccc3)c(O)c2C(O)=C2C(=O)[C@]3(O)C(O)=C(C(N)=O)C(=O)[C@@H](N(C)C)[C@@H]3[C@@H](O)[C@@H]21. The van der Waals surface area contributed by atoms with Crippen LogP contribution in [0.5, 0.6) is 5.75 Å². The average Bonchev–Trinajstić information content (AvgIpc) is 3.26. The van der Waals surface area contributed by atoms with Crippen LogP contribution in [0.2, 0.25) is 0 Å². The Morgan fingerprint density at radius 2 is 1.35 bits per heavy atom. The summed E-state index contributed by atoms with van der Waals surface area (Å²) in [6, 6.07) is 32.9. The summed E-state index contributed by atoms with van der Waals surface area (Å²) < 4.78 is 0. The van der Waals surface area contributed by atoms with E-state index in [1.807, 2.05) is 18.2 Å². The van der Waals surface area contributed by atoms with Gasteiger partial charge in [0.2, 0.25) is 17.6 Å². The van der Waals surface area contributed by atoms with Crippen LogP contribution >= 0.6 is 7.26 Å². The van der Waals surface area contributed by atoms with Crippen molar-refractivity contribution in [2.45, 2.75) is 56.3 Å². The van der Waals surface area contributed by atoms with Crippen molar-refractivity contribution in [2.24, 2.45) is 17.6 Å². The maximum Gasteiger partial charge on any atom is 0.255 e. The third kappa shape index (κ3) is 7.71. The molecule has 0 bridgehead atoms. The van der Waals surface area contributed by atoms with Crippen LogP contribution in [0.4, 0.5) is 5.69 Å². The molecular weight excluding hydrogens is 824 g/mol. The molecule has 0 heterocycles. The van der Waals surface area contributed by atoms with Crippen molar-refractivity contribution in [2.75, 3.05) is 32.1 Å². The minimum absolute atomic E-state index is 0.00621. The molecule has 63 heavy (non-hydrogen) atoms. The van der Waals surface area contributed by atoms with E-state index in [2.05, 4.69) is 83.4 Å². The summed E-state index contributed by atoms with van der Waals surface area (Å²) in [6.07, 6.45) is 0.642. The van der Waals surface area contributed by atoms with Gasteiger partial charge >= 0.3 is 0 Å². The number of Topliss-reactive ketones (excluding diaryl/α,β-unsaturated/α-hetero) is 2. The topological polar surface area (TPSA) is 240 Å². The number of phenols is 1. The number of fused-ring (bicyclic) bond motifs is 3. The first-order valence-electron chi connectivity index (χ1n) is 20.9. The monoisotopic (exact) mass is 875 g/mol. The third-order valence-corrected chi connectivity index (χ3v) is 17.3. The summed E-state index contributed by atoms with van der Waals surface area (Å²) in [4.78, 5) is 67.4. The van der Waals surface area contributed by atoms with Gasteiger partial charge in [0.05, 0.1) is 35.5 Å². The minimum Gasteiger partial charge on any atom is -0.508 e. The van der Waals surface area contributed by atoms with E-state index in [9.17, 15) is 49.5 Å². The molecule has 0 radical (unpaired) electrons. The van der Waals surface area contributed by atoms with Crippen molar-refractivity contribution in [1.29, 1.82) is 0 Å². The van der Waals surface area contributed by atoms with E-state index in [1.54, 1.807) is 6.92 Å². The number of phenolic OH excluding ortho intramolecular Hbond substituents is 1. The molecule has 0 spiro atoms. The van der Waals surface area contributed by atoms with Crippen LogP contribution in [0.1, 0.15) is 49.7 Å². The Morgan fingerprint density at radius 1 is 0.794 bits per heavy atom. The molecule has 3 aliphatic rings. The van der Waals surface area contributed by atoms with Gasteiger partial charge in [0.1, 0.15) is 46.0 Å². The molecule has 0 aliphatic heterocycles. The lowest BCUT2D eigenvalue weighted by Crippen LogP contribution is -2.70. The smallest absolute Gasteiger partial charge is 0.255 e. The molecule has 7 rings (SSSR count). The number of anilines is 1. The maximum absolute atomic E-state index is 14.3. The van der Waals surface area contributed by atoms with Crippen LogP contribution in [0.3, 0.4) is 0 Å². The number of aliphatic hydroxyl groups is 4. The first kappa shape index (κ1) is 44.9. The Morgan fingerprint density at radius 3 is 1.87 bits per heavy atom. The van der Waals surface area contributed by atoms with E-state index in [1.165, 1.54) is 47.0 Å². The molecule has 3 aliphatic carbocycles. The number of nitrogens with two attached hydrogens (primary N) is 1. The fourth-order valence-electron chi connectivity index (χ4n) is 9.85. The normalized spacial score (nSPS) is 23.2. The average molecular weight is 876 g/mol. The Kier molecular flexibility index (Phi) is 12.7. The minimum atomic E-state index is -3.05. The number of amides is 3. The van der Waals surface area contributed by atoms with Crippen LogP contribution in [0.15, 0.2) is 120 Å². The molecule has 328 valence electrons. The van der Waals surface area contributed by atoms with Gasteiger partial charge in [0.15, 0.2) is 11.4 Å². The molecule has 0 saturated heterocycles. The number of carbonyl (C=O) groups excluding carboxylic acids is 5. The van der Waals surface area contributed by atoms with Gasteiger partial charge < -0.3 is 41.9 Å². The Hall–Kier alpha value is -6.18. The Bertz CT molecular complexity index is 2420. The number of nitrogens with zero attached hydrogens (tertiary/aromatic N) is 1. The van der Waals surface area contributed by atoms with Crippen LogP contribution in [0.25, 0.3) is 5.76 Å². The van der Waals surface area contributed by atoms with Gasteiger partial charge in [-0.15, -0.1) is 0 Å². The van der Waals surface area contributed by atoms with Crippen LogP contribution in [-0.2, 0) is 24.0 Å². The van der Waals surface area contributed by atoms with E-state index in [-0.39, 0.29) is 42.1 Å². The van der Waals surface area contributed by atoms with Gasteiger partial charge in [-0.2, -0.15) is 0 Å². The molecule has 0 unspecified atom stereocenters. The van der Waals surface area contributed by atoms with Gasteiger partial charge in [-0.25, -0.2) is 0 Å². The highest BCUT2D eigenvalue weighted by atomic mass is 31.2. The largest absolute Gasteiger partial charge is 0.508 e. The van der Waals surface area contributed by atoms with Gasteiger partial charge in [-0.1, -0.05) is 67.6 Å². The highest BCUT2D eigenvalue weighted by Crippen LogP contribution is 2.58. The number of benzene rings is 4. The number of ketones is 2. The van der Waals surface area contributed by atoms with E-state index in [4.69, 9.17) is 5.73 Å². The lowest BCUT2D eigenvalue weighted by Gasteiger charge is -2.53. The van der Waals surface area contributed by atoms with Crippen molar-refractivity contribution >= 4 is 63.9 Å². The number of primary amides is 1. The summed E-state index contributed by atoms with van der Waals surface area (Å²) in [5.41, 5.74) is 0.709. The van der Waals surface area contributed by atoms with E-state index in [0.29, 0.717) is 6.42 Å². The molecule has 4 aromatic rings. The van der Waals surface area contributed by atoms with Crippen molar-refractivity contribution in [1.82, 2.24) is 10.2 Å².